The van der Waals surface area contributed by atoms with Crippen LogP contribution < -0.4 is 15.2 Å². The van der Waals surface area contributed by atoms with Gasteiger partial charge in [0.1, 0.15) is 5.84 Å². The van der Waals surface area contributed by atoms with E-state index in [1.54, 1.807) is 6.92 Å². The number of rotatable bonds is 8. The minimum atomic E-state index is -3.56. The van der Waals surface area contributed by atoms with Crippen molar-refractivity contribution >= 4 is 16.0 Å². The molecule has 0 spiro atoms. The van der Waals surface area contributed by atoms with Crippen LogP contribution in [0.4, 0.5) is 0 Å². The third-order valence-corrected chi connectivity index (χ3v) is 2.93. The van der Waals surface area contributed by atoms with Crippen molar-refractivity contribution in [3.63, 3.8) is 0 Å². The van der Waals surface area contributed by atoms with E-state index in [9.17, 15) is 8.42 Å². The molecule has 8 nitrogen and oxygen atoms in total. The standard InChI is InChI=1S/C7H18N4O4S/c1-6(7(8)11-12)5-10-16(13,14)9-3-4-15-2/h6,9-10,12H,3-5H2,1-2H3,(H2,8,11). The highest BCUT2D eigenvalue weighted by atomic mass is 32.2. The Bertz CT molecular complexity index is 316. The second-order valence-corrected chi connectivity index (χ2v) is 4.75. The van der Waals surface area contributed by atoms with Crippen LogP contribution in [-0.2, 0) is 14.9 Å². The lowest BCUT2D eigenvalue weighted by Gasteiger charge is -2.11. The predicted octanol–water partition coefficient (Wildman–Crippen LogP) is -1.56. The van der Waals surface area contributed by atoms with Gasteiger partial charge in [-0.25, -0.2) is 4.72 Å². The molecule has 0 saturated heterocycles. The molecule has 0 fully saturated rings. The van der Waals surface area contributed by atoms with Gasteiger partial charge in [0, 0.05) is 26.1 Å². The summed E-state index contributed by atoms with van der Waals surface area (Å²) in [5, 5.41) is 11.1. The van der Waals surface area contributed by atoms with Crippen LogP contribution in [0.15, 0.2) is 5.16 Å². The van der Waals surface area contributed by atoms with E-state index < -0.39 is 10.2 Å². The summed E-state index contributed by atoms with van der Waals surface area (Å²) in [4.78, 5) is 0. The third kappa shape index (κ3) is 6.56. The van der Waals surface area contributed by atoms with Crippen molar-refractivity contribution in [2.45, 2.75) is 6.92 Å². The maximum atomic E-state index is 11.3. The first-order valence-electron chi connectivity index (χ1n) is 4.63. The molecule has 0 aliphatic heterocycles. The summed E-state index contributed by atoms with van der Waals surface area (Å²) < 4.78 is 31.8. The van der Waals surface area contributed by atoms with Crippen LogP contribution in [0.1, 0.15) is 6.92 Å². The largest absolute Gasteiger partial charge is 0.409 e. The molecule has 16 heavy (non-hydrogen) atoms. The van der Waals surface area contributed by atoms with Gasteiger partial charge in [0.05, 0.1) is 6.61 Å². The lowest BCUT2D eigenvalue weighted by molar-refractivity contribution is 0.204. The summed E-state index contributed by atoms with van der Waals surface area (Å²) in [7, 11) is -2.09. The zero-order valence-electron chi connectivity index (χ0n) is 9.30. The van der Waals surface area contributed by atoms with Crippen LogP contribution in [-0.4, -0.2) is 46.3 Å². The van der Waals surface area contributed by atoms with Crippen molar-refractivity contribution in [2.24, 2.45) is 16.8 Å². The topological polar surface area (TPSA) is 126 Å². The average molecular weight is 254 g/mol. The first-order chi connectivity index (χ1) is 7.43. The van der Waals surface area contributed by atoms with Crippen LogP contribution >= 0.6 is 0 Å². The summed E-state index contributed by atoms with van der Waals surface area (Å²) in [6.45, 7) is 2.16. The molecule has 9 heteroatoms. The molecular formula is C7H18N4O4S. The summed E-state index contributed by atoms with van der Waals surface area (Å²) in [6.07, 6.45) is 0. The van der Waals surface area contributed by atoms with Crippen molar-refractivity contribution in [1.29, 1.82) is 0 Å². The lowest BCUT2D eigenvalue weighted by atomic mass is 10.2. The van der Waals surface area contributed by atoms with Crippen LogP contribution in [0.25, 0.3) is 0 Å². The van der Waals surface area contributed by atoms with Gasteiger partial charge in [0.15, 0.2) is 0 Å². The molecule has 0 aromatic heterocycles. The number of oxime groups is 1. The number of hydrogen-bond donors (Lipinski definition) is 4. The van der Waals surface area contributed by atoms with E-state index in [0.717, 1.165) is 0 Å². The van der Waals surface area contributed by atoms with Crippen LogP contribution in [0.2, 0.25) is 0 Å². The highest BCUT2D eigenvalue weighted by molar-refractivity contribution is 7.87. The molecule has 0 saturated carbocycles. The Morgan fingerprint density at radius 1 is 1.56 bits per heavy atom. The third-order valence-electron chi connectivity index (χ3n) is 1.80. The quantitative estimate of drug-likeness (QED) is 0.137. The van der Waals surface area contributed by atoms with Gasteiger partial charge >= 0.3 is 0 Å². The van der Waals surface area contributed by atoms with E-state index in [1.807, 2.05) is 0 Å². The molecule has 0 aromatic carbocycles. The zero-order chi connectivity index (χ0) is 12.6. The molecule has 1 unspecified atom stereocenters. The van der Waals surface area contributed by atoms with E-state index in [1.165, 1.54) is 7.11 Å². The fourth-order valence-electron chi connectivity index (χ4n) is 0.767. The smallest absolute Gasteiger partial charge is 0.277 e. The van der Waals surface area contributed by atoms with Crippen LogP contribution in [0.5, 0.6) is 0 Å². The molecule has 0 aliphatic carbocycles. The minimum Gasteiger partial charge on any atom is -0.409 e. The van der Waals surface area contributed by atoms with Gasteiger partial charge in [0.25, 0.3) is 10.2 Å². The molecular weight excluding hydrogens is 236 g/mol. The molecule has 0 heterocycles. The highest BCUT2D eigenvalue weighted by Crippen LogP contribution is 1.92. The zero-order valence-corrected chi connectivity index (χ0v) is 10.1. The number of nitrogens with two attached hydrogens (primary N) is 1. The Kier molecular flexibility index (Phi) is 6.97. The Balaban J connectivity index is 3.99. The number of ether oxygens (including phenoxy) is 1. The number of hydrogen-bond acceptors (Lipinski definition) is 5. The first kappa shape index (κ1) is 15.1. The minimum absolute atomic E-state index is 0.0282. The van der Waals surface area contributed by atoms with Crippen LogP contribution in [0, 0.1) is 5.92 Å². The maximum Gasteiger partial charge on any atom is 0.277 e. The van der Waals surface area contributed by atoms with Gasteiger partial charge in [0.2, 0.25) is 0 Å². The Morgan fingerprint density at radius 3 is 2.69 bits per heavy atom. The van der Waals surface area contributed by atoms with Crippen molar-refractivity contribution in [2.75, 3.05) is 26.8 Å². The fourth-order valence-corrected chi connectivity index (χ4v) is 1.69. The number of nitrogens with one attached hydrogen (secondary N) is 2. The van der Waals surface area contributed by atoms with Crippen molar-refractivity contribution in [3.05, 3.63) is 0 Å². The van der Waals surface area contributed by atoms with E-state index in [4.69, 9.17) is 15.7 Å². The van der Waals surface area contributed by atoms with Crippen molar-refractivity contribution < 1.29 is 18.4 Å². The molecule has 0 aliphatic rings. The van der Waals surface area contributed by atoms with Crippen LogP contribution in [0.3, 0.4) is 0 Å². The summed E-state index contributed by atoms with van der Waals surface area (Å²) in [6, 6.07) is 0. The SMILES string of the molecule is COCCNS(=O)(=O)NCC(C)C(N)=NO. The monoisotopic (exact) mass is 254 g/mol. The van der Waals surface area contributed by atoms with Gasteiger partial charge in [-0.2, -0.15) is 13.1 Å². The Morgan fingerprint density at radius 2 is 2.19 bits per heavy atom. The van der Waals surface area contributed by atoms with Gasteiger partial charge < -0.3 is 15.7 Å². The van der Waals surface area contributed by atoms with Crippen molar-refractivity contribution in [3.8, 4) is 0 Å². The molecule has 1 atom stereocenters. The molecule has 0 aromatic rings. The molecule has 0 rings (SSSR count). The van der Waals surface area contributed by atoms with E-state index in [2.05, 4.69) is 14.6 Å². The van der Waals surface area contributed by atoms with E-state index >= 15 is 0 Å². The van der Waals surface area contributed by atoms with Gasteiger partial charge in [-0.05, 0) is 0 Å². The first-order valence-corrected chi connectivity index (χ1v) is 6.12. The number of methoxy groups -OCH3 is 1. The predicted molar refractivity (Wildman–Crippen MR) is 59.4 cm³/mol. The van der Waals surface area contributed by atoms with E-state index in [0.29, 0.717) is 0 Å². The lowest BCUT2D eigenvalue weighted by Crippen LogP contribution is -2.42. The molecule has 0 amide bonds. The summed E-state index contributed by atoms with van der Waals surface area (Å²) in [5.74, 6) is -0.413. The second kappa shape index (κ2) is 7.39. The highest BCUT2D eigenvalue weighted by Gasteiger charge is 2.13. The van der Waals surface area contributed by atoms with Gasteiger partial charge in [-0.3, -0.25) is 0 Å². The number of nitrogens with zero attached hydrogens (tertiary/aromatic N) is 1. The molecule has 0 bridgehead atoms. The average Bonchev–Trinajstić information content (AvgIpc) is 2.25. The van der Waals surface area contributed by atoms with Crippen molar-refractivity contribution in [1.82, 2.24) is 9.44 Å². The molecule has 0 radical (unpaired) electrons. The van der Waals surface area contributed by atoms with Gasteiger partial charge in [-0.15, -0.1) is 0 Å². The van der Waals surface area contributed by atoms with Gasteiger partial charge in [-0.1, -0.05) is 12.1 Å². The summed E-state index contributed by atoms with van der Waals surface area (Å²) >= 11 is 0. The normalized spacial score (nSPS) is 15.0. The molecule has 5 N–H and O–H groups in total. The van der Waals surface area contributed by atoms with E-state index in [-0.39, 0.29) is 31.4 Å². The Hall–Kier alpha value is -0.900. The summed E-state index contributed by atoms with van der Waals surface area (Å²) in [5.41, 5.74) is 5.29. The maximum absolute atomic E-state index is 11.3. The Labute approximate surface area is 95.0 Å². The number of amidine groups is 1. The fraction of sp³-hybridized carbons (Fsp3) is 0.857. The molecule has 96 valence electrons. The second-order valence-electron chi connectivity index (χ2n) is 3.16.